The number of benzene rings is 2. The first-order chi connectivity index (χ1) is 14.2. The maximum absolute atomic E-state index is 12.7. The van der Waals surface area contributed by atoms with E-state index in [0.717, 1.165) is 42.1 Å². The van der Waals surface area contributed by atoms with Crippen LogP contribution in [-0.4, -0.2) is 42.1 Å². The highest BCUT2D eigenvalue weighted by atomic mass is 32.1. The van der Waals surface area contributed by atoms with Crippen LogP contribution in [0, 0.1) is 0 Å². The molecule has 1 atom stereocenters. The van der Waals surface area contributed by atoms with Crippen molar-refractivity contribution < 1.29 is 14.3 Å². The molecule has 29 heavy (non-hydrogen) atoms. The summed E-state index contributed by atoms with van der Waals surface area (Å²) in [7, 11) is 0. The van der Waals surface area contributed by atoms with E-state index in [9.17, 15) is 4.79 Å². The van der Waals surface area contributed by atoms with E-state index >= 15 is 0 Å². The molecule has 1 fully saturated rings. The summed E-state index contributed by atoms with van der Waals surface area (Å²) in [5, 5.41) is 1.13. The van der Waals surface area contributed by atoms with E-state index in [1.165, 1.54) is 4.70 Å². The van der Waals surface area contributed by atoms with Crippen LogP contribution in [0.1, 0.15) is 37.1 Å². The third-order valence-electron chi connectivity index (χ3n) is 5.09. The van der Waals surface area contributed by atoms with Crippen LogP contribution in [0.4, 0.5) is 0 Å². The number of piperidine rings is 1. The van der Waals surface area contributed by atoms with Gasteiger partial charge in [-0.05, 0) is 55.7 Å². The van der Waals surface area contributed by atoms with E-state index < -0.39 is 0 Å². The predicted molar refractivity (Wildman–Crippen MR) is 116 cm³/mol. The molecular formula is C23H26N2O3S. The molecule has 0 aliphatic carbocycles. The lowest BCUT2D eigenvalue weighted by atomic mass is 9.99. The normalized spacial score (nSPS) is 16.7. The Bertz CT molecular complexity index is 921. The fourth-order valence-electron chi connectivity index (χ4n) is 3.56. The van der Waals surface area contributed by atoms with Crippen molar-refractivity contribution in [2.24, 2.45) is 0 Å². The molecule has 0 bridgehead atoms. The zero-order valence-electron chi connectivity index (χ0n) is 16.7. The zero-order chi connectivity index (χ0) is 20.1. The quantitative estimate of drug-likeness (QED) is 0.558. The first kappa shape index (κ1) is 19.7. The molecule has 0 radical (unpaired) electrons. The number of amides is 1. The minimum absolute atomic E-state index is 0.0297. The van der Waals surface area contributed by atoms with E-state index in [0.29, 0.717) is 24.8 Å². The summed E-state index contributed by atoms with van der Waals surface area (Å²) in [6, 6.07) is 15.7. The minimum atomic E-state index is 0.0297. The first-order valence-electron chi connectivity index (χ1n) is 10.2. The molecule has 0 unspecified atom stereocenters. The number of carbonyl (C=O) groups excluding carboxylic acids is 1. The Morgan fingerprint density at radius 2 is 1.90 bits per heavy atom. The van der Waals surface area contributed by atoms with Gasteiger partial charge in [0.05, 0.1) is 21.8 Å². The molecule has 2 aromatic carbocycles. The number of ether oxygens (including phenoxy) is 2. The van der Waals surface area contributed by atoms with Crippen LogP contribution < -0.4 is 9.47 Å². The topological polar surface area (TPSA) is 51.7 Å². The number of para-hydroxylation sites is 1. The van der Waals surface area contributed by atoms with Crippen molar-refractivity contribution in [2.45, 2.75) is 32.1 Å². The van der Waals surface area contributed by atoms with E-state index in [1.54, 1.807) is 11.3 Å². The number of likely N-dealkylation sites (tertiary alicyclic amines) is 1. The van der Waals surface area contributed by atoms with E-state index in [4.69, 9.17) is 14.5 Å². The Labute approximate surface area is 175 Å². The summed E-state index contributed by atoms with van der Waals surface area (Å²) >= 11 is 1.74. The van der Waals surface area contributed by atoms with Gasteiger partial charge in [-0.1, -0.05) is 19.1 Å². The third-order valence-corrected chi connectivity index (χ3v) is 6.29. The molecule has 0 saturated carbocycles. The van der Waals surface area contributed by atoms with Crippen LogP contribution in [0.15, 0.2) is 48.5 Å². The number of nitrogens with zero attached hydrogens (tertiary/aromatic N) is 2. The number of thiazole rings is 1. The number of hydrogen-bond acceptors (Lipinski definition) is 5. The Hall–Kier alpha value is -2.60. The van der Waals surface area contributed by atoms with Crippen LogP contribution in [0.25, 0.3) is 10.2 Å². The molecular weight excluding hydrogens is 384 g/mol. The number of hydrogen-bond donors (Lipinski definition) is 0. The average molecular weight is 411 g/mol. The Balaban J connectivity index is 1.32. The SMILES string of the molecule is CCCOc1ccc(OCC(=O)N2CCC[C@@H](c3nc4ccccc4s3)C2)cc1. The van der Waals surface area contributed by atoms with Crippen molar-refractivity contribution in [2.75, 3.05) is 26.3 Å². The molecule has 3 aromatic rings. The third kappa shape index (κ3) is 4.88. The molecule has 0 spiro atoms. The number of fused-ring (bicyclic) bond motifs is 1. The van der Waals surface area contributed by atoms with Gasteiger partial charge in [-0.25, -0.2) is 4.98 Å². The van der Waals surface area contributed by atoms with Gasteiger partial charge in [-0.2, -0.15) is 0 Å². The van der Waals surface area contributed by atoms with Crippen LogP contribution in [-0.2, 0) is 4.79 Å². The maximum Gasteiger partial charge on any atom is 0.260 e. The molecule has 5 nitrogen and oxygen atoms in total. The summed E-state index contributed by atoms with van der Waals surface area (Å²) in [4.78, 5) is 19.4. The lowest BCUT2D eigenvalue weighted by Crippen LogP contribution is -2.41. The summed E-state index contributed by atoms with van der Waals surface area (Å²) in [6.45, 7) is 4.33. The molecule has 4 rings (SSSR count). The number of aromatic nitrogens is 1. The van der Waals surface area contributed by atoms with Crippen LogP contribution >= 0.6 is 11.3 Å². The van der Waals surface area contributed by atoms with Gasteiger partial charge in [0.15, 0.2) is 6.61 Å². The smallest absolute Gasteiger partial charge is 0.260 e. The van der Waals surface area contributed by atoms with E-state index in [2.05, 4.69) is 13.0 Å². The molecule has 0 N–H and O–H groups in total. The van der Waals surface area contributed by atoms with Gasteiger partial charge in [0.1, 0.15) is 11.5 Å². The van der Waals surface area contributed by atoms with Crippen molar-refractivity contribution >= 4 is 27.5 Å². The maximum atomic E-state index is 12.7. The standard InChI is InChI=1S/C23H26N2O3S/c1-2-14-27-18-9-11-19(12-10-18)28-16-22(26)25-13-5-6-17(15-25)23-24-20-7-3-4-8-21(20)29-23/h3-4,7-12,17H,2,5-6,13-16H2,1H3/t17-/m1/s1. The molecule has 6 heteroatoms. The Morgan fingerprint density at radius 3 is 2.66 bits per heavy atom. The van der Waals surface area contributed by atoms with Crippen molar-refractivity contribution in [3.63, 3.8) is 0 Å². The van der Waals surface area contributed by atoms with Crippen molar-refractivity contribution in [1.29, 1.82) is 0 Å². The van der Waals surface area contributed by atoms with E-state index in [1.807, 2.05) is 47.4 Å². The average Bonchev–Trinajstić information content (AvgIpc) is 3.21. The van der Waals surface area contributed by atoms with Gasteiger partial charge in [0, 0.05) is 19.0 Å². The van der Waals surface area contributed by atoms with Crippen LogP contribution in [0.2, 0.25) is 0 Å². The highest BCUT2D eigenvalue weighted by molar-refractivity contribution is 7.18. The largest absolute Gasteiger partial charge is 0.494 e. The predicted octanol–water partition coefficient (Wildman–Crippen LogP) is 4.87. The molecule has 1 aliphatic heterocycles. The molecule has 1 saturated heterocycles. The zero-order valence-corrected chi connectivity index (χ0v) is 17.5. The Morgan fingerprint density at radius 1 is 1.14 bits per heavy atom. The Kier molecular flexibility index (Phi) is 6.30. The van der Waals surface area contributed by atoms with E-state index in [-0.39, 0.29) is 12.5 Å². The van der Waals surface area contributed by atoms with Crippen molar-refractivity contribution in [3.8, 4) is 11.5 Å². The number of carbonyl (C=O) groups is 1. The second kappa shape index (κ2) is 9.27. The van der Waals surface area contributed by atoms with Crippen LogP contribution in [0.3, 0.4) is 0 Å². The lowest BCUT2D eigenvalue weighted by molar-refractivity contribution is -0.134. The first-order valence-corrected chi connectivity index (χ1v) is 11.0. The summed E-state index contributed by atoms with van der Waals surface area (Å²) < 4.78 is 12.5. The van der Waals surface area contributed by atoms with Gasteiger partial charge >= 0.3 is 0 Å². The number of rotatable bonds is 7. The fourth-order valence-corrected chi connectivity index (χ4v) is 4.65. The second-order valence-electron chi connectivity index (χ2n) is 7.31. The van der Waals surface area contributed by atoms with Gasteiger partial charge in [0.2, 0.25) is 0 Å². The lowest BCUT2D eigenvalue weighted by Gasteiger charge is -2.31. The van der Waals surface area contributed by atoms with Gasteiger partial charge in [-0.3, -0.25) is 4.79 Å². The molecule has 152 valence electrons. The highest BCUT2D eigenvalue weighted by Gasteiger charge is 2.27. The van der Waals surface area contributed by atoms with Gasteiger partial charge < -0.3 is 14.4 Å². The monoisotopic (exact) mass is 410 g/mol. The highest BCUT2D eigenvalue weighted by Crippen LogP contribution is 2.33. The van der Waals surface area contributed by atoms with Crippen LogP contribution in [0.5, 0.6) is 11.5 Å². The molecule has 1 aliphatic rings. The van der Waals surface area contributed by atoms with Crippen molar-refractivity contribution in [1.82, 2.24) is 9.88 Å². The molecule has 2 heterocycles. The summed E-state index contributed by atoms with van der Waals surface area (Å²) in [6.07, 6.45) is 3.04. The minimum Gasteiger partial charge on any atom is -0.494 e. The second-order valence-corrected chi connectivity index (χ2v) is 8.37. The van der Waals surface area contributed by atoms with Gasteiger partial charge in [0.25, 0.3) is 5.91 Å². The summed E-state index contributed by atoms with van der Waals surface area (Å²) in [5.41, 5.74) is 1.05. The fraction of sp³-hybridized carbons (Fsp3) is 0.391. The van der Waals surface area contributed by atoms with Crippen molar-refractivity contribution in [3.05, 3.63) is 53.5 Å². The molecule has 1 amide bonds. The molecule has 1 aromatic heterocycles. The summed E-state index contributed by atoms with van der Waals surface area (Å²) in [5.74, 6) is 1.84. The van der Waals surface area contributed by atoms with Gasteiger partial charge in [-0.15, -0.1) is 11.3 Å².